The lowest BCUT2D eigenvalue weighted by Gasteiger charge is -2.27. The van der Waals surface area contributed by atoms with E-state index in [2.05, 4.69) is 29.2 Å². The molecule has 0 amide bonds. The van der Waals surface area contributed by atoms with Crippen LogP contribution in [0.25, 0.3) is 0 Å². The molecule has 1 atom stereocenters. The molecule has 3 nitrogen and oxygen atoms in total. The van der Waals surface area contributed by atoms with Crippen LogP contribution in [0.3, 0.4) is 0 Å². The number of hydrogen-bond donors (Lipinski definition) is 0. The first-order valence-electron chi connectivity index (χ1n) is 7.72. The summed E-state index contributed by atoms with van der Waals surface area (Å²) in [4.78, 5) is 2.47. The van der Waals surface area contributed by atoms with Gasteiger partial charge in [0.15, 0.2) is 9.84 Å². The van der Waals surface area contributed by atoms with Crippen LogP contribution in [0.1, 0.15) is 24.8 Å². The van der Waals surface area contributed by atoms with Crippen LogP contribution < -0.4 is 0 Å². The van der Waals surface area contributed by atoms with Crippen molar-refractivity contribution in [3.05, 3.63) is 35.9 Å². The highest BCUT2D eigenvalue weighted by Crippen LogP contribution is 2.32. The number of rotatable bonds is 7. The Morgan fingerprint density at radius 1 is 1.10 bits per heavy atom. The summed E-state index contributed by atoms with van der Waals surface area (Å²) in [6.07, 6.45) is 3.34. The van der Waals surface area contributed by atoms with Gasteiger partial charge in [-0.3, -0.25) is 4.90 Å². The maximum atomic E-state index is 11.7. The van der Waals surface area contributed by atoms with Gasteiger partial charge in [0.25, 0.3) is 0 Å². The molecule has 1 aliphatic carbocycles. The number of nitrogens with zero attached hydrogens (tertiary/aromatic N) is 1. The normalized spacial score (nSPS) is 24.5. The molecule has 0 N–H and O–H groups in total. The van der Waals surface area contributed by atoms with Gasteiger partial charge in [0.05, 0.1) is 11.5 Å². The van der Waals surface area contributed by atoms with Gasteiger partial charge in [-0.15, -0.1) is 0 Å². The molecular weight excluding hydrogens is 302 g/mol. The lowest BCUT2D eigenvalue weighted by Crippen LogP contribution is -2.39. The van der Waals surface area contributed by atoms with Crippen molar-refractivity contribution in [1.82, 2.24) is 4.90 Å². The second-order valence-corrected chi connectivity index (χ2v) is 9.40. The molecule has 1 aromatic carbocycles. The Hall–Kier alpha value is -0.520. The fourth-order valence-electron chi connectivity index (χ4n) is 3.04. The summed E-state index contributed by atoms with van der Waals surface area (Å²) in [5, 5.41) is 0. The average Bonchev–Trinajstić information content (AvgIpc) is 3.24. The van der Waals surface area contributed by atoms with Crippen LogP contribution in [0.15, 0.2) is 30.3 Å². The minimum absolute atomic E-state index is 0.278. The van der Waals surface area contributed by atoms with E-state index >= 15 is 0 Å². The van der Waals surface area contributed by atoms with Gasteiger partial charge < -0.3 is 0 Å². The summed E-state index contributed by atoms with van der Waals surface area (Å²) in [5.41, 5.74) is 1.36. The Balaban J connectivity index is 1.46. The van der Waals surface area contributed by atoms with Crippen molar-refractivity contribution in [2.45, 2.75) is 37.1 Å². The largest absolute Gasteiger partial charge is 0.296 e. The first-order valence-corrected chi connectivity index (χ1v) is 10.7. The summed E-state index contributed by atoms with van der Waals surface area (Å²) >= 11 is 1.95. The molecule has 1 aliphatic heterocycles. The molecule has 1 heterocycles. The fourth-order valence-corrected chi connectivity index (χ4v) is 5.70. The van der Waals surface area contributed by atoms with E-state index in [1.807, 2.05) is 17.8 Å². The Morgan fingerprint density at radius 3 is 2.48 bits per heavy atom. The quantitative estimate of drug-likeness (QED) is 0.722. The Morgan fingerprint density at radius 2 is 1.86 bits per heavy atom. The molecule has 0 radical (unpaired) electrons. The molecular formula is C16H23NO2S2. The molecule has 116 valence electrons. The topological polar surface area (TPSA) is 37.4 Å². The van der Waals surface area contributed by atoms with Gasteiger partial charge in [-0.05, 0) is 24.8 Å². The molecule has 2 fully saturated rings. The monoisotopic (exact) mass is 325 g/mol. The van der Waals surface area contributed by atoms with Crippen molar-refractivity contribution in [2.75, 3.05) is 23.8 Å². The van der Waals surface area contributed by atoms with Gasteiger partial charge in [-0.2, -0.15) is 11.8 Å². The first kappa shape index (κ1) is 15.4. The number of sulfone groups is 1. The van der Waals surface area contributed by atoms with Gasteiger partial charge in [0.2, 0.25) is 0 Å². The van der Waals surface area contributed by atoms with Crippen LogP contribution in [0, 0.1) is 0 Å². The smallest absolute Gasteiger partial charge is 0.151 e. The van der Waals surface area contributed by atoms with Gasteiger partial charge in [-0.25, -0.2) is 8.42 Å². The van der Waals surface area contributed by atoms with Crippen molar-refractivity contribution in [3.8, 4) is 0 Å². The standard InChI is InChI=1S/C16H23NO2S2/c18-21(19)11-8-16(13-21)17(15-6-7-15)9-10-20-12-14-4-2-1-3-5-14/h1-5,15-16H,6-13H2/t16-/m1/s1. The summed E-state index contributed by atoms with van der Waals surface area (Å²) in [6, 6.07) is 11.5. The van der Waals surface area contributed by atoms with Crippen LogP contribution in [0.5, 0.6) is 0 Å². The molecule has 2 aliphatic rings. The molecule has 0 unspecified atom stereocenters. The molecule has 1 saturated heterocycles. The van der Waals surface area contributed by atoms with E-state index in [0.29, 0.717) is 17.5 Å². The number of hydrogen-bond acceptors (Lipinski definition) is 4. The van der Waals surface area contributed by atoms with E-state index in [1.54, 1.807) is 0 Å². The number of benzene rings is 1. The minimum Gasteiger partial charge on any atom is -0.296 e. The molecule has 5 heteroatoms. The Kier molecular flexibility index (Phi) is 4.92. The fraction of sp³-hybridized carbons (Fsp3) is 0.625. The molecule has 0 aromatic heterocycles. The predicted molar refractivity (Wildman–Crippen MR) is 89.4 cm³/mol. The van der Waals surface area contributed by atoms with E-state index < -0.39 is 9.84 Å². The zero-order chi connectivity index (χ0) is 14.7. The van der Waals surface area contributed by atoms with E-state index in [4.69, 9.17) is 0 Å². The van der Waals surface area contributed by atoms with Crippen LogP contribution >= 0.6 is 11.8 Å². The summed E-state index contributed by atoms with van der Waals surface area (Å²) in [6.45, 7) is 1.03. The molecule has 21 heavy (non-hydrogen) atoms. The molecule has 1 saturated carbocycles. The third kappa shape index (κ3) is 4.47. The van der Waals surface area contributed by atoms with Gasteiger partial charge in [0, 0.05) is 30.1 Å². The highest BCUT2D eigenvalue weighted by atomic mass is 32.2. The van der Waals surface area contributed by atoms with Crippen LogP contribution in [0.2, 0.25) is 0 Å². The van der Waals surface area contributed by atoms with Crippen molar-refractivity contribution < 1.29 is 8.42 Å². The third-order valence-corrected chi connectivity index (χ3v) is 7.06. The van der Waals surface area contributed by atoms with Gasteiger partial charge in [-0.1, -0.05) is 30.3 Å². The molecule has 0 bridgehead atoms. The number of thioether (sulfide) groups is 1. The van der Waals surface area contributed by atoms with Crippen LogP contribution in [-0.4, -0.2) is 49.2 Å². The second-order valence-electron chi connectivity index (χ2n) is 6.06. The molecule has 0 spiro atoms. The second kappa shape index (κ2) is 6.71. The third-order valence-electron chi connectivity index (χ3n) is 4.30. The summed E-state index contributed by atoms with van der Waals surface area (Å²) in [5.74, 6) is 2.90. The average molecular weight is 325 g/mol. The zero-order valence-electron chi connectivity index (χ0n) is 12.3. The Bertz CT molecular complexity index is 555. The maximum Gasteiger partial charge on any atom is 0.151 e. The van der Waals surface area contributed by atoms with Gasteiger partial charge >= 0.3 is 0 Å². The zero-order valence-corrected chi connectivity index (χ0v) is 13.9. The molecule has 1 aromatic rings. The van der Waals surface area contributed by atoms with Crippen molar-refractivity contribution in [3.63, 3.8) is 0 Å². The highest BCUT2D eigenvalue weighted by Gasteiger charge is 2.39. The predicted octanol–water partition coefficient (Wildman–Crippen LogP) is 2.57. The molecule has 3 rings (SSSR count). The first-order chi connectivity index (χ1) is 10.1. The SMILES string of the molecule is O=S1(=O)CC[C@@H](N(CCSCc2ccccc2)C2CC2)C1. The van der Waals surface area contributed by atoms with Gasteiger partial charge in [0.1, 0.15) is 0 Å². The lowest BCUT2D eigenvalue weighted by molar-refractivity contribution is 0.215. The summed E-state index contributed by atoms with van der Waals surface area (Å²) in [7, 11) is -2.77. The van der Waals surface area contributed by atoms with E-state index in [9.17, 15) is 8.42 Å². The lowest BCUT2D eigenvalue weighted by atomic mass is 10.2. The van der Waals surface area contributed by atoms with E-state index in [1.165, 1.54) is 18.4 Å². The van der Waals surface area contributed by atoms with Crippen LogP contribution in [0.4, 0.5) is 0 Å². The van der Waals surface area contributed by atoms with Crippen molar-refractivity contribution in [2.24, 2.45) is 0 Å². The van der Waals surface area contributed by atoms with E-state index in [0.717, 1.165) is 24.5 Å². The maximum absolute atomic E-state index is 11.7. The highest BCUT2D eigenvalue weighted by molar-refractivity contribution is 7.98. The van der Waals surface area contributed by atoms with Crippen molar-refractivity contribution >= 4 is 21.6 Å². The van der Waals surface area contributed by atoms with Crippen LogP contribution in [-0.2, 0) is 15.6 Å². The van der Waals surface area contributed by atoms with Crippen molar-refractivity contribution in [1.29, 1.82) is 0 Å². The Labute approximate surface area is 132 Å². The summed E-state index contributed by atoms with van der Waals surface area (Å²) < 4.78 is 23.3. The minimum atomic E-state index is -2.77. The van der Waals surface area contributed by atoms with E-state index in [-0.39, 0.29) is 6.04 Å².